The summed E-state index contributed by atoms with van der Waals surface area (Å²) >= 11 is 0. The minimum atomic E-state index is -0.619. The van der Waals surface area contributed by atoms with Gasteiger partial charge in [0.15, 0.2) is 12.2 Å². The summed E-state index contributed by atoms with van der Waals surface area (Å²) in [5.41, 5.74) is 0. The van der Waals surface area contributed by atoms with E-state index in [2.05, 4.69) is 14.7 Å². The van der Waals surface area contributed by atoms with Gasteiger partial charge in [-0.15, -0.1) is 0 Å². The van der Waals surface area contributed by atoms with Gasteiger partial charge in [-0.25, -0.2) is 9.59 Å². The molecule has 0 N–H and O–H groups in total. The highest BCUT2D eigenvalue weighted by Crippen LogP contribution is 1.75. The van der Waals surface area contributed by atoms with Crippen molar-refractivity contribution in [2.45, 2.75) is 6.92 Å². The van der Waals surface area contributed by atoms with E-state index in [1.54, 1.807) is 6.92 Å². The van der Waals surface area contributed by atoms with Gasteiger partial charge in [0, 0.05) is 0 Å². The van der Waals surface area contributed by atoms with Crippen molar-refractivity contribution in [3.63, 3.8) is 0 Å². The minimum Gasteiger partial charge on any atom is -0.462 e. The Morgan fingerprint density at radius 2 is 2.45 bits per heavy atom. The molecule has 0 aliphatic rings. The lowest BCUT2D eigenvalue weighted by Gasteiger charge is -1.91. The van der Waals surface area contributed by atoms with Gasteiger partial charge in [-0.05, 0) is 6.92 Å². The molecule has 0 aromatic heterocycles. The lowest BCUT2D eigenvalue weighted by atomic mass is 10.7. The molecule has 0 saturated carbocycles. The van der Waals surface area contributed by atoms with Crippen molar-refractivity contribution in [1.82, 2.24) is 0 Å². The molecule has 0 saturated heterocycles. The van der Waals surface area contributed by atoms with E-state index in [1.807, 2.05) is 0 Å². The van der Waals surface area contributed by atoms with Gasteiger partial charge in [0.2, 0.25) is 6.26 Å². The highest BCUT2D eigenvalue weighted by molar-refractivity contribution is 6.22. The maximum Gasteiger partial charge on any atom is 0.352 e. The predicted octanol–water partition coefficient (Wildman–Crippen LogP) is -0.103. The number of hydrogen-bond donors (Lipinski definition) is 0. The van der Waals surface area contributed by atoms with Crippen LogP contribution in [-0.2, 0) is 19.2 Å². The van der Waals surface area contributed by atoms with E-state index in [1.165, 1.54) is 5.94 Å². The molecule has 5 heteroatoms. The second kappa shape index (κ2) is 6.51. The molecule has 0 amide bonds. The van der Waals surface area contributed by atoms with E-state index < -0.39 is 5.97 Å². The Kier molecular flexibility index (Phi) is 5.56. The summed E-state index contributed by atoms with van der Waals surface area (Å²) in [6.45, 7) is 1.94. The van der Waals surface area contributed by atoms with Crippen molar-refractivity contribution in [2.75, 3.05) is 6.61 Å². The summed E-state index contributed by atoms with van der Waals surface area (Å²) in [7, 11) is 0. The van der Waals surface area contributed by atoms with Crippen LogP contribution in [0.3, 0.4) is 0 Å². The van der Waals surface area contributed by atoms with Crippen LogP contribution < -0.4 is 0 Å². The van der Waals surface area contributed by atoms with Crippen LogP contribution in [0.2, 0.25) is 0 Å². The first-order valence-electron chi connectivity index (χ1n) is 2.86. The molecule has 0 rings (SSSR count). The first-order valence-corrected chi connectivity index (χ1v) is 2.86. The van der Waals surface area contributed by atoms with Crippen molar-refractivity contribution < 1.29 is 19.2 Å². The molecule has 0 bridgehead atoms. The van der Waals surface area contributed by atoms with E-state index in [0.717, 1.165) is 6.21 Å². The van der Waals surface area contributed by atoms with Crippen LogP contribution in [0.25, 0.3) is 0 Å². The van der Waals surface area contributed by atoms with Gasteiger partial charge in [0.1, 0.15) is 0 Å². The van der Waals surface area contributed by atoms with Crippen LogP contribution in [0.1, 0.15) is 6.92 Å². The number of carbonyl (C=O) groups is 1. The third-order valence-corrected chi connectivity index (χ3v) is 0.606. The lowest BCUT2D eigenvalue weighted by molar-refractivity contribution is -0.134. The minimum absolute atomic E-state index is 0.272. The number of rotatable bonds is 4. The van der Waals surface area contributed by atoms with Crippen molar-refractivity contribution in [1.29, 1.82) is 0 Å². The van der Waals surface area contributed by atoms with Crippen molar-refractivity contribution in [3.8, 4) is 0 Å². The molecule has 0 aliphatic heterocycles. The Morgan fingerprint density at radius 1 is 1.73 bits per heavy atom. The maximum absolute atomic E-state index is 10.4. The molecule has 11 heavy (non-hydrogen) atoms. The van der Waals surface area contributed by atoms with Crippen molar-refractivity contribution in [3.05, 3.63) is 6.26 Å². The van der Waals surface area contributed by atoms with Gasteiger partial charge in [-0.2, -0.15) is 0 Å². The van der Waals surface area contributed by atoms with Gasteiger partial charge in [-0.3, -0.25) is 0 Å². The second-order valence-electron chi connectivity index (χ2n) is 1.33. The first kappa shape index (κ1) is 9.39. The number of nitrogens with zero attached hydrogens (tertiary/aromatic N) is 1. The molecular formula is C6H7NO4. The Balaban J connectivity index is 3.56. The van der Waals surface area contributed by atoms with Crippen LogP contribution in [0.4, 0.5) is 0 Å². The van der Waals surface area contributed by atoms with Crippen LogP contribution >= 0.6 is 0 Å². The van der Waals surface area contributed by atoms with Gasteiger partial charge in [0.25, 0.3) is 0 Å². The zero-order valence-corrected chi connectivity index (χ0v) is 5.94. The fourth-order valence-electron chi connectivity index (χ4n) is 0.305. The standard InChI is InChI=1S/C6H7NO4/c1-2-10-6(9)5-7-11-4-3-8/h4-5H,2H2,1H3. The topological polar surface area (TPSA) is 65.0 Å². The van der Waals surface area contributed by atoms with E-state index in [9.17, 15) is 9.59 Å². The molecule has 0 fully saturated rings. The molecule has 0 heterocycles. The maximum atomic E-state index is 10.4. The Morgan fingerprint density at radius 3 is 3.00 bits per heavy atom. The van der Waals surface area contributed by atoms with Gasteiger partial charge in [0.05, 0.1) is 6.61 Å². The molecular weight excluding hydrogens is 150 g/mol. The fourth-order valence-corrected chi connectivity index (χ4v) is 0.305. The van der Waals surface area contributed by atoms with E-state index >= 15 is 0 Å². The van der Waals surface area contributed by atoms with E-state index in [0.29, 0.717) is 6.26 Å². The molecule has 0 radical (unpaired) electrons. The summed E-state index contributed by atoms with van der Waals surface area (Å²) in [5.74, 6) is 0.692. The first-order chi connectivity index (χ1) is 5.31. The lowest BCUT2D eigenvalue weighted by Crippen LogP contribution is -2.04. The van der Waals surface area contributed by atoms with E-state index in [4.69, 9.17) is 0 Å². The monoisotopic (exact) mass is 157 g/mol. The smallest absolute Gasteiger partial charge is 0.352 e. The number of oxime groups is 1. The molecule has 60 valence electrons. The van der Waals surface area contributed by atoms with Gasteiger partial charge >= 0.3 is 5.97 Å². The number of ether oxygens (including phenoxy) is 1. The molecule has 0 aromatic rings. The van der Waals surface area contributed by atoms with Crippen LogP contribution in [0.15, 0.2) is 11.4 Å². The van der Waals surface area contributed by atoms with Crippen LogP contribution in [0.5, 0.6) is 0 Å². The second-order valence-corrected chi connectivity index (χ2v) is 1.33. The molecule has 0 aliphatic carbocycles. The Hall–Kier alpha value is -1.61. The van der Waals surface area contributed by atoms with E-state index in [-0.39, 0.29) is 6.61 Å². The Labute approximate surface area is 63.3 Å². The molecule has 0 atom stereocenters. The Bertz CT molecular complexity index is 193. The van der Waals surface area contributed by atoms with Crippen molar-refractivity contribution in [2.24, 2.45) is 5.16 Å². The largest absolute Gasteiger partial charge is 0.462 e. The average Bonchev–Trinajstić information content (AvgIpc) is 1.99. The third-order valence-electron chi connectivity index (χ3n) is 0.606. The summed E-state index contributed by atoms with van der Waals surface area (Å²) < 4.78 is 4.44. The third kappa shape index (κ3) is 6.27. The van der Waals surface area contributed by atoms with Gasteiger partial charge < -0.3 is 9.57 Å². The quantitative estimate of drug-likeness (QED) is 0.188. The normalized spacial score (nSPS) is 8.82. The zero-order valence-electron chi connectivity index (χ0n) is 5.94. The summed E-state index contributed by atoms with van der Waals surface area (Å²) in [4.78, 5) is 24.0. The van der Waals surface area contributed by atoms with Crippen LogP contribution in [0, 0.1) is 0 Å². The fraction of sp³-hybridized carbons (Fsp3) is 0.333. The summed E-state index contributed by atoms with van der Waals surface area (Å²) in [6, 6.07) is 0. The summed E-state index contributed by atoms with van der Waals surface area (Å²) in [5, 5.41) is 3.06. The highest BCUT2D eigenvalue weighted by Gasteiger charge is 1.92. The number of hydrogen-bond acceptors (Lipinski definition) is 5. The zero-order chi connectivity index (χ0) is 8.53. The molecule has 5 nitrogen and oxygen atoms in total. The SMILES string of the molecule is CCOC(=O)C=NOC=C=O. The predicted molar refractivity (Wildman–Crippen MR) is 36.5 cm³/mol. The average molecular weight is 157 g/mol. The number of esters is 1. The summed E-state index contributed by atoms with van der Waals surface area (Å²) in [6.07, 6.45) is 1.49. The van der Waals surface area contributed by atoms with Crippen molar-refractivity contribution >= 4 is 18.1 Å². The molecule has 0 unspecified atom stereocenters. The highest BCUT2D eigenvalue weighted by atomic mass is 16.6. The van der Waals surface area contributed by atoms with Crippen LogP contribution in [-0.4, -0.2) is 24.7 Å². The number of carbonyl (C=O) groups excluding carboxylic acids is 2. The van der Waals surface area contributed by atoms with Gasteiger partial charge in [-0.1, -0.05) is 5.16 Å². The molecule has 0 aromatic carbocycles. The molecule has 0 spiro atoms.